The van der Waals surface area contributed by atoms with Crippen LogP contribution >= 0.6 is 0 Å². The van der Waals surface area contributed by atoms with Crippen LogP contribution in [0.2, 0.25) is 0 Å². The van der Waals surface area contributed by atoms with Gasteiger partial charge in [-0.2, -0.15) is 0 Å². The Kier molecular flexibility index (Phi) is 4.53. The van der Waals surface area contributed by atoms with E-state index in [-0.39, 0.29) is 0 Å². The Morgan fingerprint density at radius 1 is 1.33 bits per heavy atom. The predicted molar refractivity (Wildman–Crippen MR) is 74.7 cm³/mol. The zero-order valence-electron chi connectivity index (χ0n) is 11.7. The number of hydrogen-bond donors (Lipinski definition) is 1. The lowest BCUT2D eigenvalue weighted by atomic mass is 10.0. The third-order valence-electron chi connectivity index (χ3n) is 3.47. The van der Waals surface area contributed by atoms with Crippen LogP contribution in [-0.2, 0) is 6.54 Å². The van der Waals surface area contributed by atoms with Crippen molar-refractivity contribution in [3.63, 3.8) is 0 Å². The average Bonchev–Trinajstić information content (AvgIpc) is 2.38. The van der Waals surface area contributed by atoms with Gasteiger partial charge in [-0.1, -0.05) is 13.8 Å². The zero-order chi connectivity index (χ0) is 13.0. The summed E-state index contributed by atoms with van der Waals surface area (Å²) >= 11 is 0. The molecule has 4 nitrogen and oxygen atoms in total. The van der Waals surface area contributed by atoms with Crippen LogP contribution in [0.1, 0.15) is 45.6 Å². The van der Waals surface area contributed by atoms with Gasteiger partial charge in [-0.05, 0) is 26.2 Å². The molecule has 1 fully saturated rings. The summed E-state index contributed by atoms with van der Waals surface area (Å²) in [5, 5.41) is 3.38. The molecular weight excluding hydrogens is 224 g/mol. The van der Waals surface area contributed by atoms with Gasteiger partial charge in [-0.3, -0.25) is 0 Å². The van der Waals surface area contributed by atoms with Gasteiger partial charge < -0.3 is 10.2 Å². The van der Waals surface area contributed by atoms with Crippen molar-refractivity contribution in [1.82, 2.24) is 15.3 Å². The molecule has 0 aromatic carbocycles. The summed E-state index contributed by atoms with van der Waals surface area (Å²) < 4.78 is 0. The van der Waals surface area contributed by atoms with Crippen LogP contribution in [0.5, 0.6) is 0 Å². The summed E-state index contributed by atoms with van der Waals surface area (Å²) in [7, 11) is 0. The third-order valence-corrected chi connectivity index (χ3v) is 3.47. The van der Waals surface area contributed by atoms with Gasteiger partial charge in [0, 0.05) is 43.1 Å². The van der Waals surface area contributed by atoms with E-state index in [0.717, 1.165) is 24.6 Å². The van der Waals surface area contributed by atoms with Crippen LogP contribution in [0.25, 0.3) is 0 Å². The Hall–Kier alpha value is -1.16. The Labute approximate surface area is 110 Å². The van der Waals surface area contributed by atoms with Crippen molar-refractivity contribution in [3.8, 4) is 0 Å². The molecule has 0 spiro atoms. The minimum Gasteiger partial charge on any atom is -0.338 e. The Bertz CT molecular complexity index is 361. The molecule has 0 bridgehead atoms. The zero-order valence-corrected chi connectivity index (χ0v) is 11.7. The highest BCUT2D eigenvalue weighted by Gasteiger charge is 2.20. The normalized spacial score (nSPS) is 20.4. The molecule has 18 heavy (non-hydrogen) atoms. The molecule has 1 N–H and O–H groups in total. The molecule has 1 aromatic heterocycles. The monoisotopic (exact) mass is 248 g/mol. The van der Waals surface area contributed by atoms with Gasteiger partial charge in [0.25, 0.3) is 0 Å². The number of piperidine rings is 1. The van der Waals surface area contributed by atoms with E-state index in [4.69, 9.17) is 0 Å². The first-order valence-electron chi connectivity index (χ1n) is 6.98. The van der Waals surface area contributed by atoms with Crippen LogP contribution in [-0.4, -0.2) is 28.6 Å². The van der Waals surface area contributed by atoms with Crippen LogP contribution in [0.15, 0.2) is 12.4 Å². The SMILES string of the molecule is CC(C)NCc1cnc(N2CCCCC2C)nc1. The Balaban J connectivity index is 1.98. The standard InChI is InChI=1S/C14H24N4/c1-11(2)15-8-13-9-16-14(17-10-13)18-7-5-4-6-12(18)3/h9-12,15H,4-8H2,1-3H3. The number of nitrogens with one attached hydrogen (secondary N) is 1. The molecule has 1 aromatic rings. The lowest BCUT2D eigenvalue weighted by molar-refractivity contribution is 0.476. The molecular formula is C14H24N4. The van der Waals surface area contributed by atoms with Gasteiger partial charge in [-0.25, -0.2) is 9.97 Å². The number of anilines is 1. The highest BCUT2D eigenvalue weighted by molar-refractivity contribution is 5.32. The molecule has 2 rings (SSSR count). The van der Waals surface area contributed by atoms with Crippen LogP contribution in [0, 0.1) is 0 Å². The molecule has 0 aliphatic carbocycles. The average molecular weight is 248 g/mol. The first-order valence-corrected chi connectivity index (χ1v) is 6.98. The molecule has 1 saturated heterocycles. The topological polar surface area (TPSA) is 41.1 Å². The first-order chi connectivity index (χ1) is 8.66. The molecule has 2 heterocycles. The minimum atomic E-state index is 0.492. The molecule has 1 unspecified atom stereocenters. The van der Waals surface area contributed by atoms with E-state index in [2.05, 4.69) is 41.0 Å². The second kappa shape index (κ2) is 6.14. The number of nitrogens with zero attached hydrogens (tertiary/aromatic N) is 3. The van der Waals surface area contributed by atoms with Crippen molar-refractivity contribution in [1.29, 1.82) is 0 Å². The van der Waals surface area contributed by atoms with Gasteiger partial charge in [-0.15, -0.1) is 0 Å². The highest BCUT2D eigenvalue weighted by Crippen LogP contribution is 2.20. The van der Waals surface area contributed by atoms with Crippen LogP contribution < -0.4 is 10.2 Å². The van der Waals surface area contributed by atoms with Crippen molar-refractivity contribution < 1.29 is 0 Å². The van der Waals surface area contributed by atoms with Gasteiger partial charge >= 0.3 is 0 Å². The molecule has 1 aliphatic rings. The Morgan fingerprint density at radius 2 is 2.06 bits per heavy atom. The fourth-order valence-corrected chi connectivity index (χ4v) is 2.30. The summed E-state index contributed by atoms with van der Waals surface area (Å²) in [6.45, 7) is 8.48. The van der Waals surface area contributed by atoms with Gasteiger partial charge in [0.1, 0.15) is 0 Å². The van der Waals surface area contributed by atoms with Crippen molar-refractivity contribution in [2.45, 2.75) is 58.7 Å². The molecule has 4 heteroatoms. The van der Waals surface area contributed by atoms with Gasteiger partial charge in [0.2, 0.25) is 5.95 Å². The molecule has 0 amide bonds. The molecule has 1 atom stereocenters. The number of hydrogen-bond acceptors (Lipinski definition) is 4. The largest absolute Gasteiger partial charge is 0.338 e. The summed E-state index contributed by atoms with van der Waals surface area (Å²) in [6.07, 6.45) is 7.72. The van der Waals surface area contributed by atoms with E-state index < -0.39 is 0 Å². The molecule has 0 radical (unpaired) electrons. The maximum Gasteiger partial charge on any atom is 0.225 e. The number of rotatable bonds is 4. The smallest absolute Gasteiger partial charge is 0.225 e. The second-order valence-corrected chi connectivity index (χ2v) is 5.47. The van der Waals surface area contributed by atoms with Crippen LogP contribution in [0.4, 0.5) is 5.95 Å². The summed E-state index contributed by atoms with van der Waals surface area (Å²) in [6, 6.07) is 1.06. The second-order valence-electron chi connectivity index (χ2n) is 5.47. The van der Waals surface area contributed by atoms with E-state index in [1.807, 2.05) is 12.4 Å². The quantitative estimate of drug-likeness (QED) is 0.888. The fraction of sp³-hybridized carbons (Fsp3) is 0.714. The molecule has 1 aliphatic heterocycles. The Morgan fingerprint density at radius 3 is 2.67 bits per heavy atom. The molecule has 0 saturated carbocycles. The summed E-state index contributed by atoms with van der Waals surface area (Å²) in [5.41, 5.74) is 1.15. The summed E-state index contributed by atoms with van der Waals surface area (Å²) in [5.74, 6) is 0.885. The predicted octanol–water partition coefficient (Wildman–Crippen LogP) is 2.35. The maximum atomic E-state index is 4.51. The van der Waals surface area contributed by atoms with Gasteiger partial charge in [0.05, 0.1) is 0 Å². The number of aromatic nitrogens is 2. The van der Waals surface area contributed by atoms with Crippen molar-refractivity contribution in [3.05, 3.63) is 18.0 Å². The maximum absolute atomic E-state index is 4.51. The highest BCUT2D eigenvalue weighted by atomic mass is 15.3. The van der Waals surface area contributed by atoms with E-state index in [0.29, 0.717) is 12.1 Å². The van der Waals surface area contributed by atoms with Gasteiger partial charge in [0.15, 0.2) is 0 Å². The molecule has 100 valence electrons. The van der Waals surface area contributed by atoms with Crippen molar-refractivity contribution in [2.75, 3.05) is 11.4 Å². The lowest BCUT2D eigenvalue weighted by Gasteiger charge is -2.33. The van der Waals surface area contributed by atoms with Crippen molar-refractivity contribution in [2.24, 2.45) is 0 Å². The summed E-state index contributed by atoms with van der Waals surface area (Å²) in [4.78, 5) is 11.3. The van der Waals surface area contributed by atoms with E-state index in [1.165, 1.54) is 19.3 Å². The van der Waals surface area contributed by atoms with E-state index in [1.54, 1.807) is 0 Å². The van der Waals surface area contributed by atoms with Crippen molar-refractivity contribution >= 4 is 5.95 Å². The van der Waals surface area contributed by atoms with Crippen LogP contribution in [0.3, 0.4) is 0 Å². The first kappa shape index (κ1) is 13.3. The van der Waals surface area contributed by atoms with E-state index in [9.17, 15) is 0 Å². The lowest BCUT2D eigenvalue weighted by Crippen LogP contribution is -2.38. The van der Waals surface area contributed by atoms with E-state index >= 15 is 0 Å². The fourth-order valence-electron chi connectivity index (χ4n) is 2.30. The minimum absolute atomic E-state index is 0.492. The third kappa shape index (κ3) is 3.42.